The van der Waals surface area contributed by atoms with Gasteiger partial charge in [0.25, 0.3) is 6.43 Å². The maximum atomic E-state index is 12.5. The maximum Gasteiger partial charge on any atom is 0.354 e. The number of aromatic carboxylic acids is 1. The van der Waals surface area contributed by atoms with Gasteiger partial charge in [-0.15, -0.1) is 0 Å². The molecule has 1 rings (SSSR count). The highest BCUT2D eigenvalue weighted by atomic mass is 35.5. The minimum absolute atomic E-state index is 0.309. The summed E-state index contributed by atoms with van der Waals surface area (Å²) in [7, 11) is 1.15. The maximum absolute atomic E-state index is 12.5. The van der Waals surface area contributed by atoms with Crippen molar-refractivity contribution in [1.82, 2.24) is 4.98 Å². The summed E-state index contributed by atoms with van der Waals surface area (Å²) in [5, 5.41) is 8.18. The van der Waals surface area contributed by atoms with E-state index in [1.54, 1.807) is 0 Å². The van der Waals surface area contributed by atoms with Gasteiger partial charge in [0.1, 0.15) is 0 Å². The molecule has 0 atom stereocenters. The highest BCUT2D eigenvalue weighted by Gasteiger charge is 2.21. The Morgan fingerprint density at radius 1 is 1.67 bits per heavy atom. The quantitative estimate of drug-likeness (QED) is 0.820. The number of rotatable bonds is 3. The molecule has 82 valence electrons. The van der Waals surface area contributed by atoms with Crippen LogP contribution in [0.4, 0.5) is 8.78 Å². The molecule has 0 spiro atoms. The fraction of sp³-hybridized carbons (Fsp3) is 0.250. The number of halogens is 3. The van der Waals surface area contributed by atoms with E-state index in [1.165, 1.54) is 0 Å². The minimum Gasteiger partial charge on any atom is -0.493 e. The number of hydrogen-bond acceptors (Lipinski definition) is 3. The Kier molecular flexibility index (Phi) is 3.41. The van der Waals surface area contributed by atoms with E-state index in [2.05, 4.69) is 9.72 Å². The van der Waals surface area contributed by atoms with Gasteiger partial charge in [0.2, 0.25) is 0 Å². The van der Waals surface area contributed by atoms with E-state index in [4.69, 9.17) is 16.7 Å². The van der Waals surface area contributed by atoms with E-state index >= 15 is 0 Å². The summed E-state index contributed by atoms with van der Waals surface area (Å²) in [5.74, 6) is -1.74. The third kappa shape index (κ3) is 2.33. The first-order chi connectivity index (χ1) is 6.97. The number of hydrogen-bond donors (Lipinski definition) is 1. The van der Waals surface area contributed by atoms with E-state index in [9.17, 15) is 13.6 Å². The molecule has 0 aliphatic rings. The predicted molar refractivity (Wildman–Crippen MR) is 47.7 cm³/mol. The fourth-order valence-electron chi connectivity index (χ4n) is 0.994. The molecule has 0 bridgehead atoms. The number of alkyl halides is 2. The number of aromatic nitrogens is 1. The Morgan fingerprint density at radius 3 is 2.67 bits per heavy atom. The smallest absolute Gasteiger partial charge is 0.354 e. The van der Waals surface area contributed by atoms with Gasteiger partial charge in [-0.05, 0) is 6.07 Å². The SMILES string of the molecule is COc1c(C(F)F)cc(C(=O)O)nc1Cl. The molecule has 0 amide bonds. The summed E-state index contributed by atoms with van der Waals surface area (Å²) in [4.78, 5) is 13.9. The lowest BCUT2D eigenvalue weighted by molar-refractivity contribution is 0.0689. The first-order valence-corrected chi connectivity index (χ1v) is 4.11. The Morgan fingerprint density at radius 2 is 2.27 bits per heavy atom. The molecule has 4 nitrogen and oxygen atoms in total. The van der Waals surface area contributed by atoms with E-state index in [1.807, 2.05) is 0 Å². The lowest BCUT2D eigenvalue weighted by Gasteiger charge is -2.09. The summed E-state index contributed by atoms with van der Waals surface area (Å²) in [6.45, 7) is 0. The zero-order valence-corrected chi connectivity index (χ0v) is 8.26. The summed E-state index contributed by atoms with van der Waals surface area (Å²) in [5.41, 5.74) is -1.13. The number of carboxylic acids is 1. The van der Waals surface area contributed by atoms with Gasteiger partial charge < -0.3 is 9.84 Å². The van der Waals surface area contributed by atoms with Gasteiger partial charge in [-0.1, -0.05) is 11.6 Å². The number of carbonyl (C=O) groups is 1. The minimum atomic E-state index is -2.88. The molecule has 15 heavy (non-hydrogen) atoms. The monoisotopic (exact) mass is 237 g/mol. The molecule has 0 unspecified atom stereocenters. The molecule has 1 N–H and O–H groups in total. The number of carboxylic acid groups (broad SMARTS) is 1. The number of ether oxygens (including phenoxy) is 1. The largest absolute Gasteiger partial charge is 0.493 e. The summed E-state index contributed by atoms with van der Waals surface area (Å²) in [6, 6.07) is 0.734. The van der Waals surface area contributed by atoms with Crippen LogP contribution in [0.3, 0.4) is 0 Å². The van der Waals surface area contributed by atoms with Gasteiger partial charge in [-0.3, -0.25) is 0 Å². The van der Waals surface area contributed by atoms with E-state index in [0.717, 1.165) is 13.2 Å². The van der Waals surface area contributed by atoms with Crippen LogP contribution in [0.15, 0.2) is 6.07 Å². The third-order valence-corrected chi connectivity index (χ3v) is 1.87. The zero-order chi connectivity index (χ0) is 11.6. The van der Waals surface area contributed by atoms with E-state index in [-0.39, 0.29) is 5.75 Å². The number of methoxy groups -OCH3 is 1. The van der Waals surface area contributed by atoms with Crippen molar-refractivity contribution in [2.24, 2.45) is 0 Å². The molecule has 0 aliphatic carbocycles. The van der Waals surface area contributed by atoms with Crippen LogP contribution < -0.4 is 4.74 Å². The van der Waals surface area contributed by atoms with Crippen LogP contribution in [0.5, 0.6) is 5.75 Å². The normalized spacial score (nSPS) is 10.5. The summed E-state index contributed by atoms with van der Waals surface area (Å²) < 4.78 is 29.6. The molecule has 0 aliphatic heterocycles. The highest BCUT2D eigenvalue weighted by Crippen LogP contribution is 2.34. The molecule has 1 heterocycles. The third-order valence-electron chi connectivity index (χ3n) is 1.62. The van der Waals surface area contributed by atoms with Crippen molar-refractivity contribution >= 4 is 17.6 Å². The van der Waals surface area contributed by atoms with Gasteiger partial charge >= 0.3 is 5.97 Å². The van der Waals surface area contributed by atoms with Crippen molar-refractivity contribution in [3.63, 3.8) is 0 Å². The number of nitrogens with zero attached hydrogens (tertiary/aromatic N) is 1. The molecule has 0 saturated carbocycles. The Balaban J connectivity index is 3.38. The van der Waals surface area contributed by atoms with Crippen LogP contribution in [-0.4, -0.2) is 23.2 Å². The number of pyridine rings is 1. The molecule has 7 heteroatoms. The van der Waals surface area contributed by atoms with Crippen LogP contribution in [-0.2, 0) is 0 Å². The van der Waals surface area contributed by atoms with Crippen molar-refractivity contribution in [2.75, 3.05) is 7.11 Å². The molecular formula is C8H6ClF2NO3. The van der Waals surface area contributed by atoms with Gasteiger partial charge in [-0.2, -0.15) is 0 Å². The first kappa shape index (κ1) is 11.6. The highest BCUT2D eigenvalue weighted by molar-refractivity contribution is 6.31. The summed E-state index contributed by atoms with van der Waals surface area (Å²) >= 11 is 5.49. The zero-order valence-electron chi connectivity index (χ0n) is 7.50. The van der Waals surface area contributed by atoms with Crippen molar-refractivity contribution in [3.8, 4) is 5.75 Å². The second-order valence-electron chi connectivity index (χ2n) is 2.53. The molecule has 0 saturated heterocycles. The second-order valence-corrected chi connectivity index (χ2v) is 2.88. The average Bonchev–Trinajstić information content (AvgIpc) is 2.16. The van der Waals surface area contributed by atoms with E-state index in [0.29, 0.717) is 0 Å². The average molecular weight is 238 g/mol. The predicted octanol–water partition coefficient (Wildman–Crippen LogP) is 2.38. The van der Waals surface area contributed by atoms with Crippen LogP contribution in [0, 0.1) is 0 Å². The van der Waals surface area contributed by atoms with Gasteiger partial charge in [0, 0.05) is 0 Å². The van der Waals surface area contributed by atoms with E-state index < -0.39 is 28.8 Å². The van der Waals surface area contributed by atoms with Gasteiger partial charge in [-0.25, -0.2) is 18.6 Å². The molecule has 1 aromatic rings. The Bertz CT molecular complexity index is 398. The molecule has 0 aromatic carbocycles. The Hall–Kier alpha value is -1.43. The molecule has 0 fully saturated rings. The lowest BCUT2D eigenvalue weighted by atomic mass is 10.2. The van der Waals surface area contributed by atoms with Crippen molar-refractivity contribution in [2.45, 2.75) is 6.43 Å². The van der Waals surface area contributed by atoms with Crippen LogP contribution in [0.25, 0.3) is 0 Å². The molecule has 0 radical (unpaired) electrons. The van der Waals surface area contributed by atoms with Crippen molar-refractivity contribution in [3.05, 3.63) is 22.5 Å². The van der Waals surface area contributed by atoms with Crippen LogP contribution in [0.1, 0.15) is 22.5 Å². The Labute approximate surface area is 88.4 Å². The van der Waals surface area contributed by atoms with Crippen LogP contribution >= 0.6 is 11.6 Å². The van der Waals surface area contributed by atoms with Crippen molar-refractivity contribution < 1.29 is 23.4 Å². The van der Waals surface area contributed by atoms with Gasteiger partial charge in [0.05, 0.1) is 12.7 Å². The first-order valence-electron chi connectivity index (χ1n) is 3.73. The standard InChI is InChI=1S/C8H6ClF2NO3/c1-15-5-3(7(10)11)2-4(8(13)14)12-6(5)9/h2,7H,1H3,(H,13,14). The molecule has 1 aromatic heterocycles. The second kappa shape index (κ2) is 4.39. The topological polar surface area (TPSA) is 59.4 Å². The van der Waals surface area contributed by atoms with Crippen molar-refractivity contribution in [1.29, 1.82) is 0 Å². The van der Waals surface area contributed by atoms with Gasteiger partial charge in [0.15, 0.2) is 16.6 Å². The summed E-state index contributed by atoms with van der Waals surface area (Å²) in [6.07, 6.45) is -2.88. The molecular weight excluding hydrogens is 232 g/mol. The fourth-order valence-corrected chi connectivity index (χ4v) is 1.27. The lowest BCUT2D eigenvalue weighted by Crippen LogP contribution is -2.04. The van der Waals surface area contributed by atoms with Crippen LogP contribution in [0.2, 0.25) is 5.15 Å².